The van der Waals surface area contributed by atoms with Gasteiger partial charge < -0.3 is 19.4 Å². The normalized spacial score (nSPS) is 18.7. The minimum atomic E-state index is -0.150. The molecule has 172 valence electrons. The minimum Gasteiger partial charge on any atom is -0.467 e. The number of aryl methyl sites for hydroxylation is 1. The first kappa shape index (κ1) is 21.4. The molecule has 1 fully saturated rings. The topological polar surface area (TPSA) is 102 Å². The molecule has 9 heteroatoms. The van der Waals surface area contributed by atoms with Gasteiger partial charge in [0, 0.05) is 19.0 Å². The third kappa shape index (κ3) is 4.54. The zero-order valence-corrected chi connectivity index (χ0v) is 18.6. The summed E-state index contributed by atoms with van der Waals surface area (Å²) in [5.41, 5.74) is 3.34. The van der Waals surface area contributed by atoms with E-state index < -0.39 is 0 Å². The van der Waals surface area contributed by atoms with Crippen molar-refractivity contribution in [3.05, 3.63) is 70.9 Å². The van der Waals surface area contributed by atoms with Crippen molar-refractivity contribution in [3.63, 3.8) is 0 Å². The smallest absolute Gasteiger partial charge is 0.276 e. The fraction of sp³-hybridized carbons (Fsp3) is 0.417. The molecule has 0 aliphatic carbocycles. The number of piperidine rings is 1. The number of nitrogens with zero attached hydrogens (tertiary/aromatic N) is 4. The maximum atomic E-state index is 13.1. The number of likely N-dealkylation sites (tertiary alicyclic amines) is 1. The molecule has 2 amide bonds. The molecule has 0 saturated carbocycles. The van der Waals surface area contributed by atoms with E-state index in [0.717, 1.165) is 11.3 Å². The maximum absolute atomic E-state index is 13.1. The van der Waals surface area contributed by atoms with Gasteiger partial charge in [0.15, 0.2) is 5.69 Å². The van der Waals surface area contributed by atoms with Crippen LogP contribution in [0.4, 0.5) is 0 Å². The second-order valence-corrected chi connectivity index (χ2v) is 8.64. The number of carbonyl (C=O) groups excluding carboxylic acids is 2. The lowest BCUT2D eigenvalue weighted by molar-refractivity contribution is -0.126. The summed E-state index contributed by atoms with van der Waals surface area (Å²) in [5, 5.41) is 11.3. The van der Waals surface area contributed by atoms with Crippen molar-refractivity contribution < 1.29 is 18.7 Å². The lowest BCUT2D eigenvalue weighted by Gasteiger charge is -2.31. The molecular formula is C24H27N5O4. The van der Waals surface area contributed by atoms with E-state index in [9.17, 15) is 9.59 Å². The number of carbonyl (C=O) groups is 2. The van der Waals surface area contributed by atoms with Gasteiger partial charge in [-0.3, -0.25) is 9.59 Å². The highest BCUT2D eigenvalue weighted by Crippen LogP contribution is 2.28. The second kappa shape index (κ2) is 9.19. The zero-order valence-electron chi connectivity index (χ0n) is 18.6. The predicted molar refractivity (Wildman–Crippen MR) is 118 cm³/mol. The van der Waals surface area contributed by atoms with Crippen molar-refractivity contribution in [1.82, 2.24) is 25.2 Å². The van der Waals surface area contributed by atoms with Gasteiger partial charge >= 0.3 is 0 Å². The average molecular weight is 450 g/mol. The van der Waals surface area contributed by atoms with E-state index in [1.165, 1.54) is 5.56 Å². The third-order valence-electron chi connectivity index (χ3n) is 6.42. The molecule has 2 aliphatic rings. The van der Waals surface area contributed by atoms with Gasteiger partial charge in [-0.2, -0.15) is 0 Å². The number of hydrogen-bond acceptors (Lipinski definition) is 6. The summed E-state index contributed by atoms with van der Waals surface area (Å²) in [6, 6.07) is 11.9. The van der Waals surface area contributed by atoms with Gasteiger partial charge in [0.2, 0.25) is 5.91 Å². The first-order valence-corrected chi connectivity index (χ1v) is 11.3. The summed E-state index contributed by atoms with van der Waals surface area (Å²) in [5.74, 6) is 0.453. The van der Waals surface area contributed by atoms with E-state index in [-0.39, 0.29) is 30.4 Å². The first-order chi connectivity index (χ1) is 16.1. The van der Waals surface area contributed by atoms with E-state index in [4.69, 9.17) is 9.15 Å². The molecule has 0 radical (unpaired) electrons. The quantitative estimate of drug-likeness (QED) is 0.642. The van der Waals surface area contributed by atoms with Gasteiger partial charge in [0.25, 0.3) is 5.91 Å². The average Bonchev–Trinajstić information content (AvgIpc) is 3.52. The molecule has 1 saturated heterocycles. The lowest BCUT2D eigenvalue weighted by atomic mass is 9.95. The molecule has 3 aromatic rings. The largest absolute Gasteiger partial charge is 0.467 e. The Morgan fingerprint density at radius 3 is 2.67 bits per heavy atom. The number of aromatic nitrogens is 3. The highest BCUT2D eigenvalue weighted by atomic mass is 16.5. The molecule has 1 atom stereocenters. The van der Waals surface area contributed by atoms with E-state index >= 15 is 0 Å². The number of benzene rings is 1. The number of nitrogens with one attached hydrogen (secondary N) is 1. The molecular weight excluding hydrogens is 422 g/mol. The van der Waals surface area contributed by atoms with Gasteiger partial charge in [0.05, 0.1) is 31.7 Å². The fourth-order valence-electron chi connectivity index (χ4n) is 4.39. The van der Waals surface area contributed by atoms with Crippen molar-refractivity contribution >= 4 is 11.8 Å². The molecule has 1 aromatic carbocycles. The highest BCUT2D eigenvalue weighted by Gasteiger charge is 2.33. The monoisotopic (exact) mass is 449 g/mol. The molecule has 2 aromatic heterocycles. The highest BCUT2D eigenvalue weighted by molar-refractivity contribution is 5.93. The van der Waals surface area contributed by atoms with Crippen molar-refractivity contribution in [2.45, 2.75) is 45.6 Å². The number of fused-ring (bicyclic) bond motifs is 1. The van der Waals surface area contributed by atoms with Crippen molar-refractivity contribution in [3.8, 4) is 0 Å². The van der Waals surface area contributed by atoms with Crippen molar-refractivity contribution in [1.29, 1.82) is 0 Å². The van der Waals surface area contributed by atoms with Crippen LogP contribution in [0, 0.1) is 12.8 Å². The van der Waals surface area contributed by atoms with Crippen LogP contribution in [0.2, 0.25) is 0 Å². The SMILES string of the molecule is Cc1ccc([C@H]2Cn3nnc(C(=O)N4CCC(C(=O)NCc5ccco5)CC4)c3CO2)cc1. The maximum Gasteiger partial charge on any atom is 0.276 e. The van der Waals surface area contributed by atoms with Crippen molar-refractivity contribution in [2.24, 2.45) is 5.92 Å². The number of ether oxygens (including phenoxy) is 1. The number of hydrogen-bond donors (Lipinski definition) is 1. The van der Waals surface area contributed by atoms with E-state index in [1.807, 2.05) is 6.07 Å². The fourth-order valence-corrected chi connectivity index (χ4v) is 4.39. The van der Waals surface area contributed by atoms with Gasteiger partial charge in [-0.05, 0) is 37.5 Å². The Morgan fingerprint density at radius 1 is 1.15 bits per heavy atom. The Balaban J connectivity index is 1.17. The number of furan rings is 1. The second-order valence-electron chi connectivity index (χ2n) is 8.64. The summed E-state index contributed by atoms with van der Waals surface area (Å²) in [6.45, 7) is 4.26. The van der Waals surface area contributed by atoms with E-state index in [1.54, 1.807) is 21.9 Å². The van der Waals surface area contributed by atoms with Crippen LogP contribution in [-0.4, -0.2) is 44.8 Å². The Bertz CT molecular complexity index is 1110. The summed E-state index contributed by atoms with van der Waals surface area (Å²) >= 11 is 0. The Morgan fingerprint density at radius 2 is 1.94 bits per heavy atom. The molecule has 0 bridgehead atoms. The molecule has 9 nitrogen and oxygen atoms in total. The number of rotatable bonds is 5. The van der Waals surface area contributed by atoms with Crippen LogP contribution in [0.25, 0.3) is 0 Å². The standard InChI is InChI=1S/C24H27N5O4/c1-16-4-6-17(7-5-16)21-14-29-20(15-33-21)22(26-27-29)24(31)28-10-8-18(9-11-28)23(30)25-13-19-3-2-12-32-19/h2-7,12,18,21H,8-11,13-15H2,1H3,(H,25,30)/t21-/m1/s1. The molecule has 1 N–H and O–H groups in total. The Hall–Kier alpha value is -3.46. The Kier molecular flexibility index (Phi) is 5.95. The minimum absolute atomic E-state index is 0.00455. The number of amides is 2. The molecule has 0 unspecified atom stereocenters. The van der Waals surface area contributed by atoms with Crippen LogP contribution < -0.4 is 5.32 Å². The van der Waals surface area contributed by atoms with E-state index in [2.05, 4.69) is 46.8 Å². The molecule has 5 rings (SSSR count). The third-order valence-corrected chi connectivity index (χ3v) is 6.42. The summed E-state index contributed by atoms with van der Waals surface area (Å²) in [7, 11) is 0. The van der Waals surface area contributed by atoms with Crippen LogP contribution >= 0.6 is 0 Å². The van der Waals surface area contributed by atoms with Crippen molar-refractivity contribution in [2.75, 3.05) is 13.1 Å². The first-order valence-electron chi connectivity index (χ1n) is 11.3. The lowest BCUT2D eigenvalue weighted by Crippen LogP contribution is -2.43. The van der Waals surface area contributed by atoms with Gasteiger partial charge in [-0.25, -0.2) is 4.68 Å². The van der Waals surface area contributed by atoms with Crippen LogP contribution in [0.15, 0.2) is 47.1 Å². The Labute approximate surface area is 191 Å². The van der Waals surface area contributed by atoms with Crippen LogP contribution in [-0.2, 0) is 29.2 Å². The molecule has 0 spiro atoms. The summed E-state index contributed by atoms with van der Waals surface area (Å²) in [6.07, 6.45) is 2.71. The molecule has 4 heterocycles. The van der Waals surface area contributed by atoms with Gasteiger partial charge in [-0.1, -0.05) is 35.0 Å². The van der Waals surface area contributed by atoms with Crippen LogP contribution in [0.1, 0.15) is 52.0 Å². The zero-order chi connectivity index (χ0) is 22.8. The van der Waals surface area contributed by atoms with E-state index in [0.29, 0.717) is 50.4 Å². The molecule has 33 heavy (non-hydrogen) atoms. The van der Waals surface area contributed by atoms with Crippen LogP contribution in [0.3, 0.4) is 0 Å². The molecule has 2 aliphatic heterocycles. The van der Waals surface area contributed by atoms with Crippen LogP contribution in [0.5, 0.6) is 0 Å². The van der Waals surface area contributed by atoms with Gasteiger partial charge in [0.1, 0.15) is 11.9 Å². The summed E-state index contributed by atoms with van der Waals surface area (Å²) in [4.78, 5) is 27.3. The summed E-state index contributed by atoms with van der Waals surface area (Å²) < 4.78 is 13.1. The van der Waals surface area contributed by atoms with Gasteiger partial charge in [-0.15, -0.1) is 5.10 Å². The predicted octanol–water partition coefficient (Wildman–Crippen LogP) is 2.62.